The van der Waals surface area contributed by atoms with Crippen LogP contribution in [-0.2, 0) is 0 Å². The molecule has 1 aliphatic heterocycles. The third-order valence-corrected chi connectivity index (χ3v) is 4.03. The van der Waals surface area contributed by atoms with Gasteiger partial charge in [0.15, 0.2) is 0 Å². The summed E-state index contributed by atoms with van der Waals surface area (Å²) in [4.78, 5) is 2.54. The lowest BCUT2D eigenvalue weighted by Gasteiger charge is -2.54. The molecule has 0 unspecified atom stereocenters. The van der Waals surface area contributed by atoms with Gasteiger partial charge in [0.1, 0.15) is 0 Å². The summed E-state index contributed by atoms with van der Waals surface area (Å²) in [5, 5.41) is 0. The highest BCUT2D eigenvalue weighted by Crippen LogP contribution is 2.41. The lowest BCUT2D eigenvalue weighted by Crippen LogP contribution is -2.58. The fourth-order valence-electron chi connectivity index (χ4n) is 3.22. The number of hydrogen-bond donors (Lipinski definition) is 0. The Balaban J connectivity index is 2.79. The summed E-state index contributed by atoms with van der Waals surface area (Å²) in [7, 11) is 2.26. The van der Waals surface area contributed by atoms with Crippen molar-refractivity contribution in [1.82, 2.24) is 4.90 Å². The Kier molecular flexibility index (Phi) is 3.35. The second-order valence-electron chi connectivity index (χ2n) is 6.62. The molecule has 1 aliphatic rings. The number of nitrogens with zero attached hydrogens (tertiary/aromatic N) is 1. The molecule has 1 saturated heterocycles. The third-order valence-electron chi connectivity index (χ3n) is 4.03. The van der Waals surface area contributed by atoms with Crippen LogP contribution in [0, 0.1) is 5.92 Å². The fraction of sp³-hybridized carbons (Fsp3) is 0.857. The van der Waals surface area contributed by atoms with Crippen molar-refractivity contribution in [2.75, 3.05) is 7.05 Å². The van der Waals surface area contributed by atoms with Crippen LogP contribution in [0.4, 0.5) is 0 Å². The molecular weight excluding hydrogens is 182 g/mol. The van der Waals surface area contributed by atoms with E-state index in [-0.39, 0.29) is 0 Å². The number of allylic oxidation sites excluding steroid dienone is 1. The largest absolute Gasteiger partial charge is 0.296 e. The molecule has 0 spiro atoms. The number of rotatable bonds is 2. The van der Waals surface area contributed by atoms with Gasteiger partial charge in [-0.25, -0.2) is 0 Å². The summed E-state index contributed by atoms with van der Waals surface area (Å²) in [6, 6.07) is 0. The van der Waals surface area contributed by atoms with Gasteiger partial charge in [-0.3, -0.25) is 4.90 Å². The molecule has 0 N–H and O–H groups in total. The van der Waals surface area contributed by atoms with Gasteiger partial charge >= 0.3 is 0 Å². The van der Waals surface area contributed by atoms with Crippen molar-refractivity contribution in [2.45, 2.75) is 65.0 Å². The van der Waals surface area contributed by atoms with E-state index >= 15 is 0 Å². The zero-order valence-electron chi connectivity index (χ0n) is 11.4. The number of piperidine rings is 1. The molecule has 0 bridgehead atoms. The Morgan fingerprint density at radius 1 is 1.20 bits per heavy atom. The van der Waals surface area contributed by atoms with E-state index in [4.69, 9.17) is 0 Å². The zero-order chi connectivity index (χ0) is 11.9. The molecule has 15 heavy (non-hydrogen) atoms. The highest BCUT2D eigenvalue weighted by Gasteiger charge is 2.42. The highest BCUT2D eigenvalue weighted by atomic mass is 15.2. The molecule has 1 heteroatoms. The van der Waals surface area contributed by atoms with E-state index in [1.165, 1.54) is 24.8 Å². The zero-order valence-corrected chi connectivity index (χ0v) is 11.4. The van der Waals surface area contributed by atoms with Gasteiger partial charge < -0.3 is 0 Å². The van der Waals surface area contributed by atoms with Crippen LogP contribution in [0.1, 0.15) is 53.9 Å². The number of hydrogen-bond acceptors (Lipinski definition) is 1. The Hall–Kier alpha value is -0.300. The molecule has 0 amide bonds. The van der Waals surface area contributed by atoms with Crippen molar-refractivity contribution in [3.8, 4) is 0 Å². The Bertz CT molecular complexity index is 232. The van der Waals surface area contributed by atoms with Crippen LogP contribution in [0.5, 0.6) is 0 Å². The molecule has 1 heterocycles. The van der Waals surface area contributed by atoms with Crippen LogP contribution >= 0.6 is 0 Å². The molecular formula is C14H27N. The molecule has 1 nitrogen and oxygen atoms in total. The van der Waals surface area contributed by atoms with Crippen molar-refractivity contribution in [3.63, 3.8) is 0 Å². The van der Waals surface area contributed by atoms with Crippen molar-refractivity contribution >= 4 is 0 Å². The summed E-state index contributed by atoms with van der Waals surface area (Å²) < 4.78 is 0. The Morgan fingerprint density at radius 3 is 1.93 bits per heavy atom. The topological polar surface area (TPSA) is 3.24 Å². The minimum absolute atomic E-state index is 0.321. The van der Waals surface area contributed by atoms with Crippen LogP contribution < -0.4 is 0 Å². The number of likely N-dealkylation sites (tertiary alicyclic amines) is 1. The Morgan fingerprint density at radius 2 is 1.60 bits per heavy atom. The predicted molar refractivity (Wildman–Crippen MR) is 68.1 cm³/mol. The van der Waals surface area contributed by atoms with Crippen LogP contribution in [-0.4, -0.2) is 23.0 Å². The van der Waals surface area contributed by atoms with E-state index in [0.717, 1.165) is 5.92 Å². The fourth-order valence-corrected chi connectivity index (χ4v) is 3.22. The predicted octanol–water partition coefficient (Wildman–Crippen LogP) is 3.85. The first-order chi connectivity index (χ1) is 6.65. The maximum atomic E-state index is 4.05. The first-order valence-corrected chi connectivity index (χ1v) is 6.03. The van der Waals surface area contributed by atoms with Crippen molar-refractivity contribution in [3.05, 3.63) is 12.2 Å². The first kappa shape index (κ1) is 12.8. The van der Waals surface area contributed by atoms with Gasteiger partial charge in [-0.2, -0.15) is 0 Å². The normalized spacial score (nSPS) is 26.5. The third kappa shape index (κ3) is 2.84. The SMILES string of the molecule is C=C(C)CC1CC(C)(C)N(C)C(C)(C)C1. The van der Waals surface area contributed by atoms with E-state index in [2.05, 4.69) is 53.1 Å². The molecule has 1 rings (SSSR count). The average Bonchev–Trinajstić information content (AvgIpc) is 1.97. The first-order valence-electron chi connectivity index (χ1n) is 6.03. The molecule has 0 radical (unpaired) electrons. The smallest absolute Gasteiger partial charge is 0.0158 e. The molecule has 0 saturated carbocycles. The second-order valence-corrected chi connectivity index (χ2v) is 6.62. The molecule has 0 aromatic carbocycles. The standard InChI is InChI=1S/C14H27N/c1-11(2)8-12-9-13(3,4)15(7)14(5,6)10-12/h12H,1,8-10H2,2-7H3. The van der Waals surface area contributed by atoms with Gasteiger partial charge in [0, 0.05) is 11.1 Å². The minimum atomic E-state index is 0.321. The lowest BCUT2D eigenvalue weighted by atomic mass is 9.72. The summed E-state index contributed by atoms with van der Waals surface area (Å²) in [5.74, 6) is 0.809. The monoisotopic (exact) mass is 209 g/mol. The lowest BCUT2D eigenvalue weighted by molar-refractivity contribution is -0.0296. The van der Waals surface area contributed by atoms with E-state index in [1.807, 2.05) is 0 Å². The second kappa shape index (κ2) is 3.93. The summed E-state index contributed by atoms with van der Waals surface area (Å²) in [6.07, 6.45) is 3.78. The van der Waals surface area contributed by atoms with Crippen molar-refractivity contribution in [2.24, 2.45) is 5.92 Å². The Labute approximate surface area is 95.5 Å². The summed E-state index contributed by atoms with van der Waals surface area (Å²) >= 11 is 0. The summed E-state index contributed by atoms with van der Waals surface area (Å²) in [6.45, 7) is 15.6. The van der Waals surface area contributed by atoms with E-state index in [1.54, 1.807) is 0 Å². The van der Waals surface area contributed by atoms with Crippen molar-refractivity contribution < 1.29 is 0 Å². The maximum absolute atomic E-state index is 4.05. The van der Waals surface area contributed by atoms with Gasteiger partial charge in [-0.05, 0) is 66.8 Å². The van der Waals surface area contributed by atoms with Crippen LogP contribution in [0.25, 0.3) is 0 Å². The average molecular weight is 209 g/mol. The van der Waals surface area contributed by atoms with Gasteiger partial charge in [0.05, 0.1) is 0 Å². The quantitative estimate of drug-likeness (QED) is 0.624. The van der Waals surface area contributed by atoms with E-state index < -0.39 is 0 Å². The van der Waals surface area contributed by atoms with E-state index in [9.17, 15) is 0 Å². The molecule has 0 aromatic heterocycles. The molecule has 88 valence electrons. The van der Waals surface area contributed by atoms with Crippen molar-refractivity contribution in [1.29, 1.82) is 0 Å². The molecule has 1 fully saturated rings. The minimum Gasteiger partial charge on any atom is -0.296 e. The van der Waals surface area contributed by atoms with Crippen LogP contribution in [0.15, 0.2) is 12.2 Å². The molecule has 0 aliphatic carbocycles. The maximum Gasteiger partial charge on any atom is 0.0158 e. The van der Waals surface area contributed by atoms with Gasteiger partial charge in [0.2, 0.25) is 0 Å². The highest BCUT2D eigenvalue weighted by molar-refractivity contribution is 5.02. The van der Waals surface area contributed by atoms with E-state index in [0.29, 0.717) is 11.1 Å². The molecule has 0 aromatic rings. The van der Waals surface area contributed by atoms with Gasteiger partial charge in [0.25, 0.3) is 0 Å². The van der Waals surface area contributed by atoms with Crippen LogP contribution in [0.2, 0.25) is 0 Å². The van der Waals surface area contributed by atoms with Gasteiger partial charge in [-0.15, -0.1) is 6.58 Å². The summed E-state index contributed by atoms with van der Waals surface area (Å²) in [5.41, 5.74) is 1.97. The van der Waals surface area contributed by atoms with Gasteiger partial charge in [-0.1, -0.05) is 5.57 Å². The van der Waals surface area contributed by atoms with Crippen LogP contribution in [0.3, 0.4) is 0 Å². The molecule has 0 atom stereocenters.